The molecule has 0 radical (unpaired) electrons. The fraction of sp³-hybridized carbons (Fsp3) is 0.200. The average Bonchev–Trinajstić information content (AvgIpc) is 2.79. The number of amides is 1. The highest BCUT2D eigenvalue weighted by Crippen LogP contribution is 2.28. The van der Waals surface area contributed by atoms with Crippen molar-refractivity contribution in [3.8, 4) is 0 Å². The van der Waals surface area contributed by atoms with Gasteiger partial charge in [0.25, 0.3) is 5.91 Å². The molecule has 1 aliphatic heterocycles. The van der Waals surface area contributed by atoms with E-state index in [2.05, 4.69) is 33.4 Å². The predicted molar refractivity (Wildman–Crippen MR) is 126 cm³/mol. The van der Waals surface area contributed by atoms with Crippen LogP contribution in [0.2, 0.25) is 0 Å². The highest BCUT2D eigenvalue weighted by atomic mass is 32.2. The number of pyridine rings is 1. The molecule has 4 aromatic rings. The molecule has 5 heteroatoms. The number of hydrogen-bond donors (Lipinski definition) is 1. The fourth-order valence-corrected chi connectivity index (χ4v) is 5.04. The summed E-state index contributed by atoms with van der Waals surface area (Å²) in [4.78, 5) is 20.2. The summed E-state index contributed by atoms with van der Waals surface area (Å²) in [6.45, 7) is 3.16. The number of nitrogens with one attached hydrogen (secondary N) is 1. The molecule has 1 aromatic heterocycles. The van der Waals surface area contributed by atoms with Crippen LogP contribution in [0.3, 0.4) is 0 Å². The molecule has 2 heterocycles. The Morgan fingerprint density at radius 2 is 1.80 bits per heavy atom. The quantitative estimate of drug-likeness (QED) is 0.468. The van der Waals surface area contributed by atoms with Crippen molar-refractivity contribution in [3.05, 3.63) is 84.1 Å². The molecule has 1 aliphatic rings. The Kier molecular flexibility index (Phi) is 5.39. The lowest BCUT2D eigenvalue weighted by Crippen LogP contribution is -2.31. The molecule has 30 heavy (non-hydrogen) atoms. The number of benzene rings is 3. The van der Waals surface area contributed by atoms with Crippen LogP contribution in [0.5, 0.6) is 0 Å². The van der Waals surface area contributed by atoms with Crippen molar-refractivity contribution in [3.63, 3.8) is 0 Å². The zero-order chi connectivity index (χ0) is 20.3. The summed E-state index contributed by atoms with van der Waals surface area (Å²) in [6, 6.07) is 22.2. The van der Waals surface area contributed by atoms with Crippen molar-refractivity contribution in [2.75, 3.05) is 29.9 Å². The normalized spacial score (nSPS) is 14.8. The van der Waals surface area contributed by atoms with Crippen LogP contribution in [-0.2, 0) is 6.54 Å². The molecule has 0 saturated carbocycles. The van der Waals surface area contributed by atoms with E-state index in [-0.39, 0.29) is 5.91 Å². The van der Waals surface area contributed by atoms with Crippen molar-refractivity contribution >= 4 is 45.0 Å². The van der Waals surface area contributed by atoms with E-state index in [0.717, 1.165) is 47.0 Å². The van der Waals surface area contributed by atoms with Gasteiger partial charge in [0.05, 0.1) is 11.1 Å². The van der Waals surface area contributed by atoms with E-state index in [1.165, 1.54) is 17.1 Å². The molecule has 0 aliphatic carbocycles. The summed E-state index contributed by atoms with van der Waals surface area (Å²) in [5.41, 5.74) is 3.38. The van der Waals surface area contributed by atoms with Crippen LogP contribution in [0.25, 0.3) is 21.7 Å². The molecule has 0 unspecified atom stereocenters. The Hall–Kier alpha value is -2.89. The first-order valence-corrected chi connectivity index (χ1v) is 11.4. The van der Waals surface area contributed by atoms with E-state index >= 15 is 0 Å². The summed E-state index contributed by atoms with van der Waals surface area (Å²) >= 11 is 2.02. The average molecular weight is 414 g/mol. The van der Waals surface area contributed by atoms with E-state index in [1.807, 2.05) is 60.3 Å². The third-order valence-electron chi connectivity index (χ3n) is 5.55. The van der Waals surface area contributed by atoms with Crippen LogP contribution >= 0.6 is 11.8 Å². The minimum Gasteiger partial charge on any atom is -0.322 e. The number of rotatable bonds is 4. The van der Waals surface area contributed by atoms with Gasteiger partial charge in [-0.05, 0) is 40.6 Å². The molecule has 150 valence electrons. The first kappa shape index (κ1) is 19.1. The fourth-order valence-electron chi connectivity index (χ4n) is 4.07. The van der Waals surface area contributed by atoms with Crippen LogP contribution < -0.4 is 5.32 Å². The van der Waals surface area contributed by atoms with E-state index in [9.17, 15) is 4.79 Å². The molecule has 3 aromatic carbocycles. The summed E-state index contributed by atoms with van der Waals surface area (Å²) in [7, 11) is 0. The van der Waals surface area contributed by atoms with Gasteiger partial charge in [0.15, 0.2) is 0 Å². The third-order valence-corrected chi connectivity index (χ3v) is 6.50. The summed E-state index contributed by atoms with van der Waals surface area (Å²) < 4.78 is 0. The molecule has 4 nitrogen and oxygen atoms in total. The van der Waals surface area contributed by atoms with Gasteiger partial charge in [-0.15, -0.1) is 0 Å². The molecular formula is C25H23N3OS. The summed E-state index contributed by atoms with van der Waals surface area (Å²) in [5.74, 6) is 2.26. The number of thioether (sulfide) groups is 1. The highest BCUT2D eigenvalue weighted by molar-refractivity contribution is 7.99. The van der Waals surface area contributed by atoms with Crippen molar-refractivity contribution in [1.82, 2.24) is 9.88 Å². The Labute approximate surface area is 180 Å². The molecule has 1 amide bonds. The molecule has 0 atom stereocenters. The van der Waals surface area contributed by atoms with Crippen molar-refractivity contribution in [1.29, 1.82) is 0 Å². The molecular weight excluding hydrogens is 390 g/mol. The van der Waals surface area contributed by atoms with E-state index in [4.69, 9.17) is 0 Å². The van der Waals surface area contributed by atoms with Gasteiger partial charge in [0.1, 0.15) is 0 Å². The lowest BCUT2D eigenvalue weighted by atomic mass is 10.0. The van der Waals surface area contributed by atoms with E-state index in [0.29, 0.717) is 5.56 Å². The van der Waals surface area contributed by atoms with Gasteiger partial charge in [-0.3, -0.25) is 14.7 Å². The Bertz CT molecular complexity index is 1220. The Morgan fingerprint density at radius 1 is 0.967 bits per heavy atom. The molecule has 1 saturated heterocycles. The minimum atomic E-state index is -0.129. The SMILES string of the molecule is O=C(Nc1cccc(CN2CCSCC2)c1)c1cc2ccccc2c2cccnc12. The van der Waals surface area contributed by atoms with Gasteiger partial charge in [-0.1, -0.05) is 42.5 Å². The standard InChI is InChI=1S/C25H23N3OS/c29-25(27-20-7-3-5-18(15-20)17-28-11-13-30-14-12-28)23-16-19-6-1-2-8-21(19)22-9-4-10-26-24(22)23/h1-10,15-16H,11-14,17H2,(H,27,29). The Balaban J connectivity index is 1.44. The maximum Gasteiger partial charge on any atom is 0.257 e. The number of carbonyl (C=O) groups is 1. The summed E-state index contributed by atoms with van der Waals surface area (Å²) in [5, 5.41) is 6.24. The van der Waals surface area contributed by atoms with Crippen LogP contribution in [0.15, 0.2) is 72.9 Å². The third kappa shape index (κ3) is 3.91. The highest BCUT2D eigenvalue weighted by Gasteiger charge is 2.15. The monoisotopic (exact) mass is 413 g/mol. The van der Waals surface area contributed by atoms with Gasteiger partial charge < -0.3 is 5.32 Å². The van der Waals surface area contributed by atoms with Gasteiger partial charge >= 0.3 is 0 Å². The summed E-state index contributed by atoms with van der Waals surface area (Å²) in [6.07, 6.45) is 1.74. The first-order valence-electron chi connectivity index (χ1n) is 10.2. The number of carbonyl (C=O) groups excluding carboxylic acids is 1. The van der Waals surface area contributed by atoms with Crippen molar-refractivity contribution in [2.24, 2.45) is 0 Å². The lowest BCUT2D eigenvalue weighted by Gasteiger charge is -2.26. The molecule has 5 rings (SSSR count). The van der Waals surface area contributed by atoms with Crippen molar-refractivity contribution in [2.45, 2.75) is 6.54 Å². The maximum absolute atomic E-state index is 13.2. The van der Waals surface area contributed by atoms with Gasteiger partial charge in [0, 0.05) is 48.4 Å². The lowest BCUT2D eigenvalue weighted by molar-refractivity contribution is 0.102. The molecule has 1 N–H and O–H groups in total. The van der Waals surface area contributed by atoms with Crippen LogP contribution in [0.4, 0.5) is 5.69 Å². The number of anilines is 1. The molecule has 0 bridgehead atoms. The number of aromatic nitrogens is 1. The zero-order valence-corrected chi connectivity index (χ0v) is 17.5. The molecule has 0 spiro atoms. The van der Waals surface area contributed by atoms with Crippen LogP contribution in [0.1, 0.15) is 15.9 Å². The second-order valence-corrected chi connectivity index (χ2v) is 8.81. The number of hydrogen-bond acceptors (Lipinski definition) is 4. The Morgan fingerprint density at radius 3 is 2.70 bits per heavy atom. The largest absolute Gasteiger partial charge is 0.322 e. The number of nitrogens with zero attached hydrogens (tertiary/aromatic N) is 2. The van der Waals surface area contributed by atoms with Crippen molar-refractivity contribution < 1.29 is 4.79 Å². The smallest absolute Gasteiger partial charge is 0.257 e. The van der Waals surface area contributed by atoms with Gasteiger partial charge in [-0.25, -0.2) is 0 Å². The second-order valence-electron chi connectivity index (χ2n) is 7.59. The van der Waals surface area contributed by atoms with E-state index < -0.39 is 0 Å². The zero-order valence-electron chi connectivity index (χ0n) is 16.7. The van der Waals surface area contributed by atoms with Crippen LogP contribution in [0, 0.1) is 0 Å². The van der Waals surface area contributed by atoms with Gasteiger partial charge in [0.2, 0.25) is 0 Å². The molecule has 1 fully saturated rings. The van der Waals surface area contributed by atoms with Crippen LogP contribution in [-0.4, -0.2) is 40.4 Å². The van der Waals surface area contributed by atoms with E-state index in [1.54, 1.807) is 6.20 Å². The number of fused-ring (bicyclic) bond motifs is 3. The second kappa shape index (κ2) is 8.46. The van der Waals surface area contributed by atoms with Gasteiger partial charge in [-0.2, -0.15) is 11.8 Å². The maximum atomic E-state index is 13.2. The topological polar surface area (TPSA) is 45.2 Å². The predicted octanol–water partition coefficient (Wildman–Crippen LogP) is 5.19. The minimum absolute atomic E-state index is 0.129. The first-order chi connectivity index (χ1) is 14.8.